The van der Waals surface area contributed by atoms with Gasteiger partial charge < -0.3 is 25.3 Å². The summed E-state index contributed by atoms with van der Waals surface area (Å²) in [5, 5.41) is 6.18. The highest BCUT2D eigenvalue weighted by Gasteiger charge is 2.22. The number of anilines is 2. The number of aryl methyl sites for hydroxylation is 1. The van der Waals surface area contributed by atoms with Crippen molar-refractivity contribution in [1.82, 2.24) is 25.3 Å². The highest BCUT2D eigenvalue weighted by Crippen LogP contribution is 2.27. The van der Waals surface area contributed by atoms with E-state index in [1.165, 1.54) is 0 Å². The van der Waals surface area contributed by atoms with E-state index in [0.29, 0.717) is 30.5 Å². The summed E-state index contributed by atoms with van der Waals surface area (Å²) in [7, 11) is 1.58. The van der Waals surface area contributed by atoms with Crippen molar-refractivity contribution in [2.75, 3.05) is 37.0 Å². The summed E-state index contributed by atoms with van der Waals surface area (Å²) in [5.74, 6) is 2.22. The van der Waals surface area contributed by atoms with E-state index < -0.39 is 0 Å². The Kier molecular flexibility index (Phi) is 6.91. The number of thioether (sulfide) groups is 1. The summed E-state index contributed by atoms with van der Waals surface area (Å²) < 4.78 is 5.60. The Hall–Kier alpha value is -3.11. The van der Waals surface area contributed by atoms with Crippen LogP contribution in [0.2, 0.25) is 0 Å². The lowest BCUT2D eigenvalue weighted by Crippen LogP contribution is -2.44. The summed E-state index contributed by atoms with van der Waals surface area (Å²) in [6, 6.07) is 9.55. The van der Waals surface area contributed by atoms with Crippen LogP contribution in [-0.2, 0) is 10.5 Å². The van der Waals surface area contributed by atoms with Crippen LogP contribution < -0.4 is 15.5 Å². The molecule has 0 unspecified atom stereocenters. The number of urea groups is 1. The van der Waals surface area contributed by atoms with Crippen molar-refractivity contribution in [2.24, 2.45) is 0 Å². The van der Waals surface area contributed by atoms with Crippen LogP contribution >= 0.6 is 11.8 Å². The number of H-pyrrole nitrogens is 1. The molecule has 1 atom stereocenters. The molecule has 1 aliphatic rings. The first-order valence-corrected chi connectivity index (χ1v) is 11.5. The van der Waals surface area contributed by atoms with Crippen molar-refractivity contribution < 1.29 is 9.53 Å². The molecule has 4 rings (SSSR count). The smallest absolute Gasteiger partial charge is 0.318 e. The summed E-state index contributed by atoms with van der Waals surface area (Å²) >= 11 is 1.61. The largest absolute Gasteiger partial charge is 0.377 e. The molecular weight excluding hydrogens is 426 g/mol. The maximum absolute atomic E-state index is 11.5. The lowest BCUT2D eigenvalue weighted by molar-refractivity contribution is 0.0985. The summed E-state index contributed by atoms with van der Waals surface area (Å²) in [6.07, 6.45) is 1.82. The number of ether oxygens (including phenoxy) is 1. The minimum absolute atomic E-state index is 0.235. The van der Waals surface area contributed by atoms with Crippen molar-refractivity contribution in [3.63, 3.8) is 0 Å². The van der Waals surface area contributed by atoms with Crippen LogP contribution in [-0.4, -0.2) is 58.8 Å². The Balaban J connectivity index is 1.62. The van der Waals surface area contributed by atoms with E-state index in [0.717, 1.165) is 34.5 Å². The molecule has 0 bridgehead atoms. The van der Waals surface area contributed by atoms with Gasteiger partial charge in [0, 0.05) is 48.6 Å². The van der Waals surface area contributed by atoms with Gasteiger partial charge in [-0.15, -0.1) is 0 Å². The van der Waals surface area contributed by atoms with Crippen LogP contribution in [0.15, 0.2) is 41.7 Å². The van der Waals surface area contributed by atoms with Gasteiger partial charge in [-0.3, -0.25) is 0 Å². The molecule has 0 saturated carbocycles. The third-order valence-electron chi connectivity index (χ3n) is 5.09. The van der Waals surface area contributed by atoms with Crippen LogP contribution in [0, 0.1) is 6.92 Å². The van der Waals surface area contributed by atoms with Crippen molar-refractivity contribution in [3.8, 4) is 11.4 Å². The normalized spacial score (nSPS) is 16.1. The summed E-state index contributed by atoms with van der Waals surface area (Å²) in [5.41, 5.74) is 3.55. The quantitative estimate of drug-likeness (QED) is 0.491. The number of carbonyl (C=O) groups excluding carboxylic acids is 1. The van der Waals surface area contributed by atoms with E-state index in [1.54, 1.807) is 18.8 Å². The monoisotopic (exact) mass is 453 g/mol. The Morgan fingerprint density at radius 1 is 1.31 bits per heavy atom. The first-order valence-electron chi connectivity index (χ1n) is 10.5. The minimum Gasteiger partial charge on any atom is -0.377 e. The predicted molar refractivity (Wildman–Crippen MR) is 126 cm³/mol. The number of hydrogen-bond acceptors (Lipinski definition) is 7. The number of hydrogen-bond donors (Lipinski definition) is 3. The maximum Gasteiger partial charge on any atom is 0.318 e. The highest BCUT2D eigenvalue weighted by molar-refractivity contribution is 7.98. The second kappa shape index (κ2) is 10.0. The number of morpholine rings is 1. The van der Waals surface area contributed by atoms with Crippen LogP contribution in [0.5, 0.6) is 0 Å². The molecule has 9 nitrogen and oxygen atoms in total. The number of nitrogens with zero attached hydrogens (tertiary/aromatic N) is 4. The Labute approximate surface area is 191 Å². The van der Waals surface area contributed by atoms with Crippen LogP contribution in [0.25, 0.3) is 11.4 Å². The molecule has 3 heterocycles. The van der Waals surface area contributed by atoms with E-state index in [1.807, 2.05) is 37.4 Å². The molecule has 2 amide bonds. The molecule has 3 aromatic rings. The molecule has 2 aromatic heterocycles. The molecule has 168 valence electrons. The van der Waals surface area contributed by atoms with E-state index in [-0.39, 0.29) is 12.1 Å². The first kappa shape index (κ1) is 22.1. The molecule has 0 aliphatic carbocycles. The van der Waals surface area contributed by atoms with Gasteiger partial charge in [0.05, 0.1) is 24.9 Å². The fourth-order valence-electron chi connectivity index (χ4n) is 3.40. The van der Waals surface area contributed by atoms with E-state index in [4.69, 9.17) is 14.7 Å². The molecule has 1 fully saturated rings. The van der Waals surface area contributed by atoms with Gasteiger partial charge in [-0.1, -0.05) is 11.8 Å². The second-order valence-electron chi connectivity index (χ2n) is 7.60. The van der Waals surface area contributed by atoms with E-state index in [9.17, 15) is 4.79 Å². The molecule has 0 spiro atoms. The zero-order valence-corrected chi connectivity index (χ0v) is 19.2. The number of aromatic nitrogens is 4. The van der Waals surface area contributed by atoms with Gasteiger partial charge in [0.25, 0.3) is 0 Å². The topological polar surface area (TPSA) is 108 Å². The van der Waals surface area contributed by atoms with Crippen molar-refractivity contribution in [3.05, 3.63) is 47.9 Å². The Morgan fingerprint density at radius 2 is 2.12 bits per heavy atom. The average Bonchev–Trinajstić information content (AvgIpc) is 3.23. The number of benzene rings is 1. The second-order valence-corrected chi connectivity index (χ2v) is 8.56. The van der Waals surface area contributed by atoms with Crippen molar-refractivity contribution >= 4 is 29.3 Å². The number of imidazole rings is 1. The molecule has 32 heavy (non-hydrogen) atoms. The van der Waals surface area contributed by atoms with Crippen molar-refractivity contribution in [1.29, 1.82) is 0 Å². The lowest BCUT2D eigenvalue weighted by Gasteiger charge is -2.34. The van der Waals surface area contributed by atoms with Gasteiger partial charge in [0.2, 0.25) is 0 Å². The Morgan fingerprint density at radius 3 is 2.81 bits per heavy atom. The molecule has 1 saturated heterocycles. The van der Waals surface area contributed by atoms with E-state index >= 15 is 0 Å². The fourth-order valence-corrected chi connectivity index (χ4v) is 4.19. The maximum atomic E-state index is 11.5. The average molecular weight is 454 g/mol. The Bertz CT molecular complexity index is 1070. The molecule has 10 heteroatoms. The van der Waals surface area contributed by atoms with Gasteiger partial charge in [-0.05, 0) is 38.1 Å². The van der Waals surface area contributed by atoms with Gasteiger partial charge in [0.15, 0.2) is 11.0 Å². The molecule has 0 radical (unpaired) electrons. The first-order chi connectivity index (χ1) is 15.5. The number of nitrogens with one attached hydrogen (secondary N) is 3. The predicted octanol–water partition coefficient (Wildman–Crippen LogP) is 3.44. The van der Waals surface area contributed by atoms with Crippen LogP contribution in [0.4, 0.5) is 16.3 Å². The molecular formula is C22H27N7O2S. The van der Waals surface area contributed by atoms with Gasteiger partial charge >= 0.3 is 6.03 Å². The number of amides is 2. The third kappa shape index (κ3) is 5.38. The van der Waals surface area contributed by atoms with Gasteiger partial charge in [0.1, 0.15) is 5.82 Å². The lowest BCUT2D eigenvalue weighted by atomic mass is 10.2. The zero-order chi connectivity index (χ0) is 22.5. The number of aromatic amines is 1. The highest BCUT2D eigenvalue weighted by atomic mass is 32.2. The van der Waals surface area contributed by atoms with Crippen LogP contribution in [0.1, 0.15) is 18.3 Å². The van der Waals surface area contributed by atoms with Gasteiger partial charge in [-0.25, -0.2) is 19.7 Å². The minimum atomic E-state index is -0.259. The molecule has 1 aliphatic heterocycles. The van der Waals surface area contributed by atoms with Gasteiger partial charge in [-0.2, -0.15) is 0 Å². The summed E-state index contributed by atoms with van der Waals surface area (Å²) in [4.78, 5) is 31.1. The molecule has 1 aromatic carbocycles. The standard InChI is InChI=1S/C22H27N7O2S/c1-14-11-24-22(25-14)32-13-18-10-19(29-8-9-31-12-15(29)2)28-20(26-18)16-4-6-17(7-5-16)27-21(30)23-3/h4-7,10-11,15H,8-9,12-13H2,1-3H3,(H,24,25)(H2,23,27,30)/t15-/m0/s1. The molecule has 3 N–H and O–H groups in total. The van der Waals surface area contributed by atoms with Crippen LogP contribution in [0.3, 0.4) is 0 Å². The SMILES string of the molecule is CNC(=O)Nc1ccc(-c2nc(CSc3ncc(C)[nH]3)cc(N3CCOC[C@@H]3C)n2)cc1. The third-order valence-corrected chi connectivity index (χ3v) is 6.01. The summed E-state index contributed by atoms with van der Waals surface area (Å²) in [6.45, 7) is 6.27. The van der Waals surface area contributed by atoms with Crippen molar-refractivity contribution in [2.45, 2.75) is 30.8 Å². The number of rotatable bonds is 6. The zero-order valence-electron chi connectivity index (χ0n) is 18.4. The number of carbonyl (C=O) groups is 1. The fraction of sp³-hybridized carbons (Fsp3) is 0.364. The van der Waals surface area contributed by atoms with E-state index in [2.05, 4.69) is 38.5 Å².